The molecule has 0 aliphatic rings. The third kappa shape index (κ3) is 4.28. The molecule has 1 N–H and O–H groups in total. The Balaban J connectivity index is 1.63. The number of carbonyl (C=O) groups is 1. The summed E-state index contributed by atoms with van der Waals surface area (Å²) in [5, 5.41) is 7.69. The topological polar surface area (TPSA) is 65.4 Å². The van der Waals surface area contributed by atoms with Crippen LogP contribution < -0.4 is 14.8 Å². The van der Waals surface area contributed by atoms with Gasteiger partial charge in [-0.15, -0.1) is 0 Å². The highest BCUT2D eigenvalue weighted by molar-refractivity contribution is 6.42. The van der Waals surface area contributed by atoms with Crippen LogP contribution in [-0.2, 0) is 6.73 Å². The molecular weight excluding hydrogens is 377 g/mol. The van der Waals surface area contributed by atoms with E-state index in [-0.39, 0.29) is 18.3 Å². The Morgan fingerprint density at radius 1 is 1.19 bits per heavy atom. The van der Waals surface area contributed by atoms with Crippen molar-refractivity contribution in [2.24, 2.45) is 0 Å². The number of halogens is 2. The van der Waals surface area contributed by atoms with E-state index in [9.17, 15) is 4.79 Å². The van der Waals surface area contributed by atoms with E-state index in [2.05, 4.69) is 10.4 Å². The first-order valence-corrected chi connectivity index (χ1v) is 8.38. The number of aromatic nitrogens is 2. The number of ether oxygens (including phenoxy) is 2. The smallest absolute Gasteiger partial charge is 0.276 e. The lowest BCUT2D eigenvalue weighted by molar-refractivity contribution is 0.102. The van der Waals surface area contributed by atoms with Crippen molar-refractivity contribution in [2.75, 3.05) is 12.4 Å². The van der Waals surface area contributed by atoms with E-state index >= 15 is 0 Å². The van der Waals surface area contributed by atoms with Crippen molar-refractivity contribution >= 4 is 34.8 Å². The first-order valence-electron chi connectivity index (χ1n) is 7.62. The largest absolute Gasteiger partial charge is 0.497 e. The molecule has 0 aliphatic carbocycles. The van der Waals surface area contributed by atoms with Crippen molar-refractivity contribution < 1.29 is 14.3 Å². The van der Waals surface area contributed by atoms with Gasteiger partial charge in [0.1, 0.15) is 16.5 Å². The third-order valence-corrected chi connectivity index (χ3v) is 4.27. The van der Waals surface area contributed by atoms with Gasteiger partial charge in [-0.25, -0.2) is 4.68 Å². The normalized spacial score (nSPS) is 10.4. The van der Waals surface area contributed by atoms with Crippen molar-refractivity contribution in [3.8, 4) is 11.5 Å². The maximum atomic E-state index is 12.3. The zero-order valence-electron chi connectivity index (χ0n) is 13.8. The predicted molar refractivity (Wildman–Crippen MR) is 100 cm³/mol. The fourth-order valence-electron chi connectivity index (χ4n) is 2.18. The van der Waals surface area contributed by atoms with Crippen molar-refractivity contribution in [1.82, 2.24) is 9.78 Å². The minimum absolute atomic E-state index is 0.0898. The molecule has 26 heavy (non-hydrogen) atoms. The molecule has 2 aromatic carbocycles. The summed E-state index contributed by atoms with van der Waals surface area (Å²) >= 11 is 12.0. The van der Waals surface area contributed by atoms with Crippen LogP contribution in [0.5, 0.6) is 11.5 Å². The molecule has 3 aromatic rings. The molecule has 1 heterocycles. The second-order valence-electron chi connectivity index (χ2n) is 5.25. The van der Waals surface area contributed by atoms with Crippen LogP contribution in [0.1, 0.15) is 10.5 Å². The summed E-state index contributed by atoms with van der Waals surface area (Å²) in [7, 11) is 1.56. The average molecular weight is 392 g/mol. The number of anilines is 1. The lowest BCUT2D eigenvalue weighted by Crippen LogP contribution is -2.14. The number of amides is 1. The van der Waals surface area contributed by atoms with E-state index in [1.807, 2.05) is 0 Å². The van der Waals surface area contributed by atoms with E-state index in [4.69, 9.17) is 32.7 Å². The molecule has 8 heteroatoms. The molecule has 0 unspecified atom stereocenters. The minimum atomic E-state index is -0.335. The molecule has 0 fully saturated rings. The van der Waals surface area contributed by atoms with Crippen LogP contribution >= 0.6 is 23.2 Å². The van der Waals surface area contributed by atoms with Gasteiger partial charge in [-0.1, -0.05) is 35.3 Å². The Hall–Kier alpha value is -2.70. The van der Waals surface area contributed by atoms with Gasteiger partial charge >= 0.3 is 0 Å². The van der Waals surface area contributed by atoms with E-state index in [0.717, 1.165) is 0 Å². The van der Waals surface area contributed by atoms with Gasteiger partial charge in [0.15, 0.2) is 12.4 Å². The van der Waals surface area contributed by atoms with Crippen LogP contribution in [0.4, 0.5) is 5.69 Å². The standard InChI is InChI=1S/C18H15Cl2N3O3/c1-25-13-5-2-4-12(10-13)21-18(24)15-8-9-23(22-15)11-26-16-7-3-6-14(19)17(16)20/h2-10H,11H2,1H3,(H,21,24). The molecule has 6 nitrogen and oxygen atoms in total. The molecule has 0 radical (unpaired) electrons. The van der Waals surface area contributed by atoms with Gasteiger partial charge in [-0.3, -0.25) is 4.79 Å². The molecule has 1 amide bonds. The zero-order chi connectivity index (χ0) is 18.5. The van der Waals surface area contributed by atoms with Crippen LogP contribution in [0.3, 0.4) is 0 Å². The number of carbonyl (C=O) groups excluding carboxylic acids is 1. The molecule has 0 bridgehead atoms. The summed E-state index contributed by atoms with van der Waals surface area (Å²) in [5.41, 5.74) is 0.875. The molecule has 0 saturated heterocycles. The second-order valence-corrected chi connectivity index (χ2v) is 6.04. The molecule has 3 rings (SSSR count). The Morgan fingerprint density at radius 2 is 2.00 bits per heavy atom. The third-order valence-electron chi connectivity index (χ3n) is 3.47. The van der Waals surface area contributed by atoms with Crippen LogP contribution in [0.2, 0.25) is 10.0 Å². The number of hydrogen-bond donors (Lipinski definition) is 1. The molecule has 0 saturated carbocycles. The van der Waals surface area contributed by atoms with Crippen LogP contribution in [0.15, 0.2) is 54.7 Å². The number of nitrogens with one attached hydrogen (secondary N) is 1. The first-order chi connectivity index (χ1) is 12.6. The lowest BCUT2D eigenvalue weighted by Gasteiger charge is -2.08. The Bertz CT molecular complexity index is 928. The molecular formula is C18H15Cl2N3O3. The first kappa shape index (κ1) is 18.1. The highest BCUT2D eigenvalue weighted by Gasteiger charge is 2.11. The molecule has 134 valence electrons. The van der Waals surface area contributed by atoms with Gasteiger partial charge in [0.2, 0.25) is 0 Å². The summed E-state index contributed by atoms with van der Waals surface area (Å²) in [6, 6.07) is 13.8. The quantitative estimate of drug-likeness (QED) is 0.672. The molecule has 1 aromatic heterocycles. The predicted octanol–water partition coefficient (Wildman–Crippen LogP) is 4.49. The fourth-order valence-corrected chi connectivity index (χ4v) is 2.53. The summed E-state index contributed by atoms with van der Waals surface area (Å²) in [6.07, 6.45) is 1.64. The SMILES string of the molecule is COc1cccc(NC(=O)c2ccn(COc3cccc(Cl)c3Cl)n2)c1. The Kier molecular flexibility index (Phi) is 5.65. The highest BCUT2D eigenvalue weighted by atomic mass is 35.5. The van der Waals surface area contributed by atoms with Gasteiger partial charge in [-0.05, 0) is 30.3 Å². The molecule has 0 spiro atoms. The number of nitrogens with zero attached hydrogens (tertiary/aromatic N) is 2. The minimum Gasteiger partial charge on any atom is -0.497 e. The number of rotatable bonds is 6. The highest BCUT2D eigenvalue weighted by Crippen LogP contribution is 2.31. The average Bonchev–Trinajstić information content (AvgIpc) is 3.12. The zero-order valence-corrected chi connectivity index (χ0v) is 15.3. The van der Waals surface area contributed by atoms with Crippen molar-refractivity contribution in [3.63, 3.8) is 0 Å². The molecule has 0 aliphatic heterocycles. The van der Waals surface area contributed by atoms with Crippen LogP contribution in [0, 0.1) is 0 Å². The van der Waals surface area contributed by atoms with Crippen molar-refractivity contribution in [1.29, 1.82) is 0 Å². The second kappa shape index (κ2) is 8.12. The van der Waals surface area contributed by atoms with Gasteiger partial charge in [0.05, 0.1) is 12.1 Å². The van der Waals surface area contributed by atoms with Crippen LogP contribution in [-0.4, -0.2) is 22.8 Å². The summed E-state index contributed by atoms with van der Waals surface area (Å²) in [5.74, 6) is 0.759. The van der Waals surface area contributed by atoms with E-state index in [1.54, 1.807) is 61.8 Å². The number of benzene rings is 2. The summed E-state index contributed by atoms with van der Waals surface area (Å²) < 4.78 is 12.2. The fraction of sp³-hybridized carbons (Fsp3) is 0.111. The number of methoxy groups -OCH3 is 1. The number of hydrogen-bond acceptors (Lipinski definition) is 4. The van der Waals surface area contributed by atoms with Crippen LogP contribution in [0.25, 0.3) is 0 Å². The Morgan fingerprint density at radius 3 is 2.81 bits per heavy atom. The molecule has 0 atom stereocenters. The maximum Gasteiger partial charge on any atom is 0.276 e. The van der Waals surface area contributed by atoms with Gasteiger partial charge < -0.3 is 14.8 Å². The van der Waals surface area contributed by atoms with Crippen molar-refractivity contribution in [3.05, 3.63) is 70.5 Å². The lowest BCUT2D eigenvalue weighted by atomic mass is 10.3. The monoisotopic (exact) mass is 391 g/mol. The van der Waals surface area contributed by atoms with E-state index < -0.39 is 0 Å². The Labute approximate surface area is 160 Å². The van der Waals surface area contributed by atoms with E-state index in [0.29, 0.717) is 27.2 Å². The summed E-state index contributed by atoms with van der Waals surface area (Å²) in [6.45, 7) is 0.0898. The van der Waals surface area contributed by atoms with E-state index in [1.165, 1.54) is 4.68 Å². The maximum absolute atomic E-state index is 12.3. The van der Waals surface area contributed by atoms with Crippen molar-refractivity contribution in [2.45, 2.75) is 6.73 Å². The van der Waals surface area contributed by atoms with Gasteiger partial charge in [0.25, 0.3) is 5.91 Å². The van der Waals surface area contributed by atoms with Gasteiger partial charge in [-0.2, -0.15) is 5.10 Å². The van der Waals surface area contributed by atoms with Gasteiger partial charge in [0, 0.05) is 18.0 Å². The summed E-state index contributed by atoms with van der Waals surface area (Å²) in [4.78, 5) is 12.3.